The number of rotatable bonds is 3. The van der Waals surface area contributed by atoms with E-state index in [1.165, 1.54) is 24.0 Å². The first-order chi connectivity index (χ1) is 9.38. The van der Waals surface area contributed by atoms with E-state index in [0.717, 1.165) is 25.1 Å². The molecule has 1 unspecified atom stereocenters. The van der Waals surface area contributed by atoms with Gasteiger partial charge in [0.1, 0.15) is 0 Å². The topological polar surface area (TPSA) is 51.0 Å². The minimum atomic E-state index is 0.397. The molecule has 4 nitrogen and oxygen atoms in total. The normalized spacial score (nSPS) is 22.0. The molecule has 0 radical (unpaired) electrons. The maximum Gasteiger partial charge on any atom is 0.321 e. The van der Waals surface area contributed by atoms with E-state index >= 15 is 0 Å². The smallest absolute Gasteiger partial charge is 0.321 e. The molecule has 2 aromatic rings. The van der Waals surface area contributed by atoms with Crippen LogP contribution in [0.3, 0.4) is 0 Å². The van der Waals surface area contributed by atoms with Crippen molar-refractivity contribution in [2.24, 2.45) is 0 Å². The number of anilines is 1. The Bertz CT molecular complexity index is 589. The predicted molar refractivity (Wildman–Crippen MR) is 72.2 cm³/mol. The first-order valence-electron chi connectivity index (χ1n) is 7.05. The van der Waals surface area contributed by atoms with Crippen molar-refractivity contribution in [2.75, 3.05) is 5.32 Å². The molecule has 0 spiro atoms. The Hall–Kier alpha value is -1.84. The fourth-order valence-corrected chi connectivity index (χ4v) is 2.78. The predicted octanol–water partition coefficient (Wildman–Crippen LogP) is 2.92. The molecule has 0 aliphatic heterocycles. The van der Waals surface area contributed by atoms with E-state index in [-0.39, 0.29) is 0 Å². The molecular formula is C15H17N3O. The monoisotopic (exact) mass is 255 g/mol. The zero-order valence-electron chi connectivity index (χ0n) is 10.8. The standard InChI is InChI=1S/C15H17N3O/c1-2-4-11-9-12(6-5-10(11)3-1)14-17-15(19-18-14)16-13-7-8-13/h1-4,12-13H,5-9H2,(H,16,17,18). The summed E-state index contributed by atoms with van der Waals surface area (Å²) in [6.07, 6.45) is 5.68. The molecule has 2 aliphatic rings. The van der Waals surface area contributed by atoms with E-state index in [9.17, 15) is 0 Å². The van der Waals surface area contributed by atoms with Gasteiger partial charge < -0.3 is 9.84 Å². The highest BCUT2D eigenvalue weighted by atomic mass is 16.5. The number of nitrogens with one attached hydrogen (secondary N) is 1. The summed E-state index contributed by atoms with van der Waals surface area (Å²) in [7, 11) is 0. The zero-order valence-corrected chi connectivity index (χ0v) is 10.8. The minimum absolute atomic E-state index is 0.397. The van der Waals surface area contributed by atoms with Gasteiger partial charge >= 0.3 is 6.01 Å². The number of aromatic nitrogens is 2. The van der Waals surface area contributed by atoms with Crippen LogP contribution in [0.15, 0.2) is 28.8 Å². The number of aryl methyl sites for hydroxylation is 1. The molecule has 1 saturated carbocycles. The highest BCUT2D eigenvalue weighted by Crippen LogP contribution is 2.32. The van der Waals surface area contributed by atoms with Crippen molar-refractivity contribution in [3.05, 3.63) is 41.2 Å². The van der Waals surface area contributed by atoms with Gasteiger partial charge in [-0.25, -0.2) is 0 Å². The summed E-state index contributed by atoms with van der Waals surface area (Å²) in [4.78, 5) is 4.50. The van der Waals surface area contributed by atoms with E-state index in [2.05, 4.69) is 39.7 Å². The molecule has 1 aromatic heterocycles. The van der Waals surface area contributed by atoms with Crippen LogP contribution in [0.1, 0.15) is 42.1 Å². The largest absolute Gasteiger partial charge is 0.335 e. The lowest BCUT2D eigenvalue weighted by Crippen LogP contribution is -2.14. The van der Waals surface area contributed by atoms with Gasteiger partial charge in [-0.3, -0.25) is 0 Å². The van der Waals surface area contributed by atoms with Gasteiger partial charge in [0, 0.05) is 12.0 Å². The Balaban J connectivity index is 1.52. The fourth-order valence-electron chi connectivity index (χ4n) is 2.78. The third kappa shape index (κ3) is 2.23. The van der Waals surface area contributed by atoms with Crippen molar-refractivity contribution in [2.45, 2.75) is 44.1 Å². The summed E-state index contributed by atoms with van der Waals surface area (Å²) in [6.45, 7) is 0. The minimum Gasteiger partial charge on any atom is -0.335 e. The molecule has 1 atom stereocenters. The van der Waals surface area contributed by atoms with Gasteiger partial charge in [-0.05, 0) is 43.2 Å². The summed E-state index contributed by atoms with van der Waals surface area (Å²) in [5.41, 5.74) is 2.90. The van der Waals surface area contributed by atoms with Gasteiger partial charge in [0.25, 0.3) is 0 Å². The molecule has 4 rings (SSSR count). The third-order valence-corrected chi connectivity index (χ3v) is 4.06. The molecule has 2 aliphatic carbocycles. The Kier molecular flexibility index (Phi) is 2.53. The third-order valence-electron chi connectivity index (χ3n) is 4.06. The molecule has 1 heterocycles. The van der Waals surface area contributed by atoms with Gasteiger partial charge in [-0.2, -0.15) is 4.98 Å². The van der Waals surface area contributed by atoms with Crippen LogP contribution in [-0.4, -0.2) is 16.2 Å². The number of benzene rings is 1. The molecule has 4 heteroatoms. The summed E-state index contributed by atoms with van der Waals surface area (Å²) >= 11 is 0. The van der Waals surface area contributed by atoms with Crippen LogP contribution in [-0.2, 0) is 12.8 Å². The molecule has 0 saturated heterocycles. The van der Waals surface area contributed by atoms with Gasteiger partial charge in [0.15, 0.2) is 5.82 Å². The SMILES string of the molecule is c1ccc2c(c1)CCC(c1noc(NC3CC3)n1)C2. The maximum absolute atomic E-state index is 5.28. The van der Waals surface area contributed by atoms with Crippen LogP contribution < -0.4 is 5.32 Å². The molecular weight excluding hydrogens is 238 g/mol. The first kappa shape index (κ1) is 11.0. The van der Waals surface area contributed by atoms with Gasteiger partial charge in [-0.1, -0.05) is 29.4 Å². The molecule has 1 aromatic carbocycles. The lowest BCUT2D eigenvalue weighted by atomic mass is 9.83. The van der Waals surface area contributed by atoms with Crippen molar-refractivity contribution < 1.29 is 4.52 Å². The van der Waals surface area contributed by atoms with Crippen LogP contribution in [0.25, 0.3) is 0 Å². The van der Waals surface area contributed by atoms with Crippen molar-refractivity contribution in [3.63, 3.8) is 0 Å². The van der Waals surface area contributed by atoms with E-state index < -0.39 is 0 Å². The van der Waals surface area contributed by atoms with Gasteiger partial charge in [-0.15, -0.1) is 0 Å². The Morgan fingerprint density at radius 3 is 2.79 bits per heavy atom. The van der Waals surface area contributed by atoms with E-state index in [4.69, 9.17) is 4.52 Å². The van der Waals surface area contributed by atoms with Crippen LogP contribution in [0.2, 0.25) is 0 Å². The zero-order chi connectivity index (χ0) is 12.7. The highest BCUT2D eigenvalue weighted by Gasteiger charge is 2.26. The average Bonchev–Trinajstić information content (AvgIpc) is 3.14. The van der Waals surface area contributed by atoms with Crippen LogP contribution in [0.5, 0.6) is 0 Å². The maximum atomic E-state index is 5.28. The quantitative estimate of drug-likeness (QED) is 0.916. The second kappa shape index (κ2) is 4.37. The summed E-state index contributed by atoms with van der Waals surface area (Å²) < 4.78 is 5.28. The highest BCUT2D eigenvalue weighted by molar-refractivity contribution is 5.32. The average molecular weight is 255 g/mol. The van der Waals surface area contributed by atoms with Gasteiger partial charge in [0.2, 0.25) is 0 Å². The fraction of sp³-hybridized carbons (Fsp3) is 0.467. The van der Waals surface area contributed by atoms with Crippen molar-refractivity contribution >= 4 is 6.01 Å². The van der Waals surface area contributed by atoms with Crippen LogP contribution in [0.4, 0.5) is 6.01 Å². The summed E-state index contributed by atoms with van der Waals surface area (Å²) in [6, 6.07) is 9.81. The Labute approximate surface area is 112 Å². The number of hydrogen-bond donors (Lipinski definition) is 1. The van der Waals surface area contributed by atoms with E-state index in [0.29, 0.717) is 18.0 Å². The van der Waals surface area contributed by atoms with E-state index in [1.807, 2.05) is 0 Å². The van der Waals surface area contributed by atoms with Crippen molar-refractivity contribution in [1.82, 2.24) is 10.1 Å². The molecule has 0 amide bonds. The molecule has 19 heavy (non-hydrogen) atoms. The Morgan fingerprint density at radius 1 is 1.11 bits per heavy atom. The second-order valence-electron chi connectivity index (χ2n) is 5.58. The molecule has 1 N–H and O–H groups in total. The molecule has 1 fully saturated rings. The molecule has 0 bridgehead atoms. The van der Waals surface area contributed by atoms with E-state index in [1.54, 1.807) is 0 Å². The Morgan fingerprint density at radius 2 is 1.95 bits per heavy atom. The lowest BCUT2D eigenvalue weighted by molar-refractivity contribution is 0.409. The van der Waals surface area contributed by atoms with Crippen molar-refractivity contribution in [1.29, 1.82) is 0 Å². The second-order valence-corrected chi connectivity index (χ2v) is 5.58. The first-order valence-corrected chi connectivity index (χ1v) is 7.05. The summed E-state index contributed by atoms with van der Waals surface area (Å²) in [5.74, 6) is 1.26. The summed E-state index contributed by atoms with van der Waals surface area (Å²) in [5, 5.41) is 7.40. The van der Waals surface area contributed by atoms with Gasteiger partial charge in [0.05, 0.1) is 0 Å². The van der Waals surface area contributed by atoms with Crippen LogP contribution in [0, 0.1) is 0 Å². The van der Waals surface area contributed by atoms with Crippen molar-refractivity contribution in [3.8, 4) is 0 Å². The molecule has 98 valence electrons. The number of fused-ring (bicyclic) bond motifs is 1. The van der Waals surface area contributed by atoms with Crippen LogP contribution >= 0.6 is 0 Å². The number of hydrogen-bond acceptors (Lipinski definition) is 4. The number of nitrogens with zero attached hydrogens (tertiary/aromatic N) is 2. The lowest BCUT2D eigenvalue weighted by Gasteiger charge is -2.21.